The fourth-order valence-corrected chi connectivity index (χ4v) is 4.94. The summed E-state index contributed by atoms with van der Waals surface area (Å²) >= 11 is 0. The SMILES string of the molecule is CCC(C)(C)C1CCC2(CC1)NC(=O)N(CC(=O)NCc1ccc3c(c1)OCCO3)C2=O. The topological polar surface area (TPSA) is 97.0 Å². The predicted molar refractivity (Wildman–Crippen MR) is 118 cm³/mol. The van der Waals surface area contributed by atoms with Crippen molar-refractivity contribution in [1.29, 1.82) is 0 Å². The fourth-order valence-electron chi connectivity index (χ4n) is 4.94. The summed E-state index contributed by atoms with van der Waals surface area (Å²) in [6, 6.07) is 5.02. The maximum atomic E-state index is 13.1. The van der Waals surface area contributed by atoms with Crippen LogP contribution in [0.2, 0.25) is 0 Å². The summed E-state index contributed by atoms with van der Waals surface area (Å²) in [5, 5.41) is 5.69. The number of nitrogens with one attached hydrogen (secondary N) is 2. The number of carbonyl (C=O) groups excluding carboxylic acids is 3. The Kier molecular flexibility index (Phi) is 6.05. The van der Waals surface area contributed by atoms with E-state index in [0.717, 1.165) is 29.7 Å². The predicted octanol–water partition coefficient (Wildman–Crippen LogP) is 2.99. The van der Waals surface area contributed by atoms with Crippen molar-refractivity contribution < 1.29 is 23.9 Å². The molecule has 2 aliphatic heterocycles. The normalized spacial score (nSPS) is 25.1. The van der Waals surface area contributed by atoms with Gasteiger partial charge < -0.3 is 20.1 Å². The second kappa shape index (κ2) is 8.64. The molecule has 1 aliphatic carbocycles. The van der Waals surface area contributed by atoms with Gasteiger partial charge in [-0.25, -0.2) is 4.79 Å². The van der Waals surface area contributed by atoms with Gasteiger partial charge in [-0.15, -0.1) is 0 Å². The van der Waals surface area contributed by atoms with Gasteiger partial charge in [-0.3, -0.25) is 14.5 Å². The Labute approximate surface area is 189 Å². The van der Waals surface area contributed by atoms with Crippen molar-refractivity contribution in [3.05, 3.63) is 23.8 Å². The molecule has 8 heteroatoms. The molecule has 2 heterocycles. The van der Waals surface area contributed by atoms with Crippen LogP contribution in [0, 0.1) is 11.3 Å². The van der Waals surface area contributed by atoms with Gasteiger partial charge >= 0.3 is 6.03 Å². The highest BCUT2D eigenvalue weighted by molar-refractivity contribution is 6.09. The van der Waals surface area contributed by atoms with Crippen LogP contribution in [0.1, 0.15) is 58.4 Å². The second-order valence-corrected chi connectivity index (χ2v) is 9.77. The third-order valence-corrected chi connectivity index (χ3v) is 7.50. The molecule has 0 radical (unpaired) electrons. The number of imide groups is 1. The summed E-state index contributed by atoms with van der Waals surface area (Å²) in [6.45, 7) is 7.74. The highest BCUT2D eigenvalue weighted by Crippen LogP contribution is 2.45. The first-order valence-electron chi connectivity index (χ1n) is 11.5. The van der Waals surface area contributed by atoms with E-state index in [9.17, 15) is 14.4 Å². The van der Waals surface area contributed by atoms with Crippen LogP contribution >= 0.6 is 0 Å². The molecule has 0 bridgehead atoms. The van der Waals surface area contributed by atoms with E-state index in [0.29, 0.717) is 43.5 Å². The fraction of sp³-hybridized carbons (Fsp3) is 0.625. The average molecular weight is 444 g/mol. The van der Waals surface area contributed by atoms with Crippen LogP contribution < -0.4 is 20.1 Å². The number of amides is 4. The van der Waals surface area contributed by atoms with E-state index in [-0.39, 0.29) is 30.3 Å². The van der Waals surface area contributed by atoms with Crippen LogP contribution in [0.15, 0.2) is 18.2 Å². The van der Waals surface area contributed by atoms with Crippen LogP contribution in [0.4, 0.5) is 4.79 Å². The lowest BCUT2D eigenvalue weighted by Crippen LogP contribution is -2.51. The van der Waals surface area contributed by atoms with Crippen molar-refractivity contribution in [2.45, 2.75) is 65.0 Å². The first-order chi connectivity index (χ1) is 15.2. The van der Waals surface area contributed by atoms with E-state index >= 15 is 0 Å². The quantitative estimate of drug-likeness (QED) is 0.659. The summed E-state index contributed by atoms with van der Waals surface area (Å²) in [4.78, 5) is 39.2. The molecule has 0 aromatic heterocycles. The van der Waals surface area contributed by atoms with Crippen molar-refractivity contribution in [2.75, 3.05) is 19.8 Å². The van der Waals surface area contributed by atoms with Crippen molar-refractivity contribution in [1.82, 2.24) is 15.5 Å². The number of carbonyl (C=O) groups is 3. The molecule has 1 saturated heterocycles. The largest absolute Gasteiger partial charge is 0.486 e. The number of benzene rings is 1. The Morgan fingerprint density at radius 1 is 1.19 bits per heavy atom. The summed E-state index contributed by atoms with van der Waals surface area (Å²) < 4.78 is 11.1. The van der Waals surface area contributed by atoms with E-state index in [1.54, 1.807) is 0 Å². The van der Waals surface area contributed by atoms with Crippen molar-refractivity contribution in [2.24, 2.45) is 11.3 Å². The number of fused-ring (bicyclic) bond motifs is 1. The third kappa shape index (κ3) is 4.27. The Balaban J connectivity index is 1.32. The van der Waals surface area contributed by atoms with Gasteiger partial charge in [0, 0.05) is 6.54 Å². The van der Waals surface area contributed by atoms with Gasteiger partial charge in [0.25, 0.3) is 5.91 Å². The molecular weight excluding hydrogens is 410 g/mol. The van der Waals surface area contributed by atoms with Gasteiger partial charge in [0.1, 0.15) is 25.3 Å². The molecule has 174 valence electrons. The summed E-state index contributed by atoms with van der Waals surface area (Å²) in [6.07, 6.45) is 4.14. The van der Waals surface area contributed by atoms with E-state index in [2.05, 4.69) is 31.4 Å². The number of rotatable bonds is 6. The van der Waals surface area contributed by atoms with E-state index in [4.69, 9.17) is 9.47 Å². The summed E-state index contributed by atoms with van der Waals surface area (Å²) in [7, 11) is 0. The first-order valence-corrected chi connectivity index (χ1v) is 11.5. The van der Waals surface area contributed by atoms with Crippen molar-refractivity contribution in [3.8, 4) is 11.5 Å². The molecule has 2 fully saturated rings. The lowest BCUT2D eigenvalue weighted by atomic mass is 9.65. The number of ether oxygens (including phenoxy) is 2. The Bertz CT molecular complexity index is 905. The maximum Gasteiger partial charge on any atom is 0.325 e. The van der Waals surface area contributed by atoms with E-state index in [1.165, 1.54) is 0 Å². The molecule has 32 heavy (non-hydrogen) atoms. The lowest BCUT2D eigenvalue weighted by molar-refractivity contribution is -0.136. The highest BCUT2D eigenvalue weighted by Gasteiger charge is 2.53. The maximum absolute atomic E-state index is 13.1. The van der Waals surface area contributed by atoms with Crippen LogP contribution in [0.25, 0.3) is 0 Å². The number of nitrogens with zero attached hydrogens (tertiary/aromatic N) is 1. The third-order valence-electron chi connectivity index (χ3n) is 7.50. The molecule has 1 aromatic carbocycles. The monoisotopic (exact) mass is 443 g/mol. The lowest BCUT2D eigenvalue weighted by Gasteiger charge is -2.42. The molecule has 4 amide bonds. The van der Waals surface area contributed by atoms with Gasteiger partial charge in [0.2, 0.25) is 5.91 Å². The zero-order valence-electron chi connectivity index (χ0n) is 19.2. The zero-order valence-corrected chi connectivity index (χ0v) is 19.2. The molecule has 4 rings (SSSR count). The van der Waals surface area contributed by atoms with Gasteiger partial charge in [-0.05, 0) is 54.7 Å². The average Bonchev–Trinajstić information content (AvgIpc) is 3.01. The Morgan fingerprint density at radius 3 is 2.56 bits per heavy atom. The van der Waals surface area contributed by atoms with Gasteiger partial charge in [-0.2, -0.15) is 0 Å². The number of hydrogen-bond acceptors (Lipinski definition) is 5. The minimum Gasteiger partial charge on any atom is -0.486 e. The zero-order chi connectivity index (χ0) is 22.9. The molecule has 1 spiro atoms. The molecule has 2 N–H and O–H groups in total. The second-order valence-electron chi connectivity index (χ2n) is 9.77. The molecule has 8 nitrogen and oxygen atoms in total. The first kappa shape index (κ1) is 22.4. The van der Waals surface area contributed by atoms with Crippen molar-refractivity contribution >= 4 is 17.8 Å². The highest BCUT2D eigenvalue weighted by atomic mass is 16.6. The Morgan fingerprint density at radius 2 is 1.88 bits per heavy atom. The van der Waals surface area contributed by atoms with E-state index in [1.807, 2.05) is 18.2 Å². The van der Waals surface area contributed by atoms with Gasteiger partial charge in [-0.1, -0.05) is 33.3 Å². The van der Waals surface area contributed by atoms with Crippen LogP contribution in [0.5, 0.6) is 11.5 Å². The minimum atomic E-state index is -0.854. The van der Waals surface area contributed by atoms with Crippen LogP contribution in [-0.2, 0) is 16.1 Å². The minimum absolute atomic E-state index is 0.223. The molecule has 3 aliphatic rings. The Hall–Kier alpha value is -2.77. The smallest absolute Gasteiger partial charge is 0.325 e. The number of hydrogen-bond donors (Lipinski definition) is 2. The molecule has 0 atom stereocenters. The molecule has 1 aromatic rings. The molecule has 1 saturated carbocycles. The van der Waals surface area contributed by atoms with Gasteiger partial charge in [0.05, 0.1) is 0 Å². The summed E-state index contributed by atoms with van der Waals surface area (Å²) in [5.41, 5.74) is 0.224. The standard InChI is InChI=1S/C24H33N3O5/c1-4-23(2,3)17-7-9-24(10-8-17)21(29)27(22(30)26-24)15-20(28)25-14-16-5-6-18-19(13-16)32-12-11-31-18/h5-6,13,17H,4,7-12,14-15H2,1-3H3,(H,25,28)(H,26,30). The van der Waals surface area contributed by atoms with Gasteiger partial charge in [0.15, 0.2) is 11.5 Å². The molecule has 0 unspecified atom stereocenters. The van der Waals surface area contributed by atoms with Crippen LogP contribution in [0.3, 0.4) is 0 Å². The molecular formula is C24H33N3O5. The van der Waals surface area contributed by atoms with Crippen LogP contribution in [-0.4, -0.2) is 48.0 Å². The van der Waals surface area contributed by atoms with E-state index < -0.39 is 11.6 Å². The summed E-state index contributed by atoms with van der Waals surface area (Å²) in [5.74, 6) is 1.23. The number of urea groups is 1. The van der Waals surface area contributed by atoms with Crippen molar-refractivity contribution in [3.63, 3.8) is 0 Å².